The molecule has 170 valence electrons. The Hall–Kier alpha value is -2.98. The fourth-order valence-corrected chi connectivity index (χ4v) is 5.02. The molecule has 0 aliphatic carbocycles. The van der Waals surface area contributed by atoms with Crippen LogP contribution >= 0.6 is 0 Å². The third kappa shape index (κ3) is 4.61. The molecule has 9 nitrogen and oxygen atoms in total. The van der Waals surface area contributed by atoms with E-state index in [9.17, 15) is 13.2 Å². The number of nitrogens with zero attached hydrogens (tertiary/aromatic N) is 4. The Morgan fingerprint density at radius 2 is 1.84 bits per heavy atom. The van der Waals surface area contributed by atoms with Gasteiger partial charge in [-0.1, -0.05) is 26.0 Å². The van der Waals surface area contributed by atoms with Gasteiger partial charge in [0.15, 0.2) is 0 Å². The van der Waals surface area contributed by atoms with Crippen LogP contribution in [0.1, 0.15) is 19.4 Å². The van der Waals surface area contributed by atoms with E-state index in [1.54, 1.807) is 24.4 Å². The van der Waals surface area contributed by atoms with Crippen molar-refractivity contribution in [1.29, 1.82) is 0 Å². The first-order chi connectivity index (χ1) is 15.2. The zero-order chi connectivity index (χ0) is 22.9. The van der Waals surface area contributed by atoms with Crippen molar-refractivity contribution in [3.63, 3.8) is 0 Å². The molecule has 1 fully saturated rings. The summed E-state index contributed by atoms with van der Waals surface area (Å²) >= 11 is 0. The molecule has 1 saturated heterocycles. The van der Waals surface area contributed by atoms with Gasteiger partial charge in [-0.15, -0.1) is 0 Å². The van der Waals surface area contributed by atoms with Crippen LogP contribution in [0.3, 0.4) is 0 Å². The molecule has 32 heavy (non-hydrogen) atoms. The molecule has 0 saturated carbocycles. The SMILES string of the molecule is CC(C)C(N=C1NS(=O)(=O)c2ccccc21)C(=O)Nc1ccc(N2CCN(C)CC2)nc1. The summed E-state index contributed by atoms with van der Waals surface area (Å²) in [6.45, 7) is 7.56. The van der Waals surface area contributed by atoms with Crippen LogP contribution in [-0.2, 0) is 14.8 Å². The standard InChI is InChI=1S/C22H28N6O3S/c1-15(2)20(25-21-17-6-4-5-7-18(17)32(30,31)26-21)22(29)24-16-8-9-19(23-14-16)28-12-10-27(3)11-13-28/h4-9,14-15,20H,10-13H2,1-3H3,(H,24,29)(H,25,26). The Labute approximate surface area is 188 Å². The summed E-state index contributed by atoms with van der Waals surface area (Å²) in [6.07, 6.45) is 1.64. The van der Waals surface area contributed by atoms with Crippen molar-refractivity contribution in [2.24, 2.45) is 10.9 Å². The number of fused-ring (bicyclic) bond motifs is 1. The molecular formula is C22H28N6O3S. The summed E-state index contributed by atoms with van der Waals surface area (Å²) in [7, 11) is -1.56. The maximum atomic E-state index is 13.0. The minimum absolute atomic E-state index is 0.141. The van der Waals surface area contributed by atoms with Crippen molar-refractivity contribution >= 4 is 33.3 Å². The minimum Gasteiger partial charge on any atom is -0.354 e. The summed E-state index contributed by atoms with van der Waals surface area (Å²) in [5.41, 5.74) is 1.05. The van der Waals surface area contributed by atoms with E-state index in [1.807, 2.05) is 26.0 Å². The third-order valence-electron chi connectivity index (χ3n) is 5.67. The van der Waals surface area contributed by atoms with E-state index < -0.39 is 16.1 Å². The van der Waals surface area contributed by atoms with E-state index >= 15 is 0 Å². The van der Waals surface area contributed by atoms with Gasteiger partial charge in [0.05, 0.1) is 16.8 Å². The molecule has 2 aliphatic rings. The lowest BCUT2D eigenvalue weighted by molar-refractivity contribution is -0.118. The average Bonchev–Trinajstić information content (AvgIpc) is 3.03. The van der Waals surface area contributed by atoms with Gasteiger partial charge in [-0.3, -0.25) is 14.5 Å². The molecule has 2 N–H and O–H groups in total. The van der Waals surface area contributed by atoms with Crippen LogP contribution in [-0.4, -0.2) is 69.3 Å². The summed E-state index contributed by atoms with van der Waals surface area (Å²) in [4.78, 5) is 26.7. The van der Waals surface area contributed by atoms with Crippen molar-refractivity contribution in [2.75, 3.05) is 43.4 Å². The van der Waals surface area contributed by atoms with E-state index in [-0.39, 0.29) is 22.6 Å². The summed E-state index contributed by atoms with van der Waals surface area (Å²) in [5.74, 6) is 0.620. The first kappa shape index (κ1) is 22.2. The van der Waals surface area contributed by atoms with Gasteiger partial charge in [0.1, 0.15) is 17.7 Å². The monoisotopic (exact) mass is 456 g/mol. The highest BCUT2D eigenvalue weighted by Crippen LogP contribution is 2.24. The first-order valence-corrected chi connectivity index (χ1v) is 12.1. The average molecular weight is 457 g/mol. The predicted octanol–water partition coefficient (Wildman–Crippen LogP) is 1.54. The Kier molecular flexibility index (Phi) is 6.16. The number of rotatable bonds is 5. The number of sulfonamides is 1. The van der Waals surface area contributed by atoms with Gasteiger partial charge in [0.2, 0.25) is 5.91 Å². The number of carbonyl (C=O) groups is 1. The van der Waals surface area contributed by atoms with Crippen molar-refractivity contribution in [3.8, 4) is 0 Å². The second kappa shape index (κ2) is 8.87. The lowest BCUT2D eigenvalue weighted by Gasteiger charge is -2.33. The first-order valence-electron chi connectivity index (χ1n) is 10.6. The zero-order valence-electron chi connectivity index (χ0n) is 18.4. The Balaban J connectivity index is 1.50. The van der Waals surface area contributed by atoms with Crippen LogP contribution in [0.2, 0.25) is 0 Å². The van der Waals surface area contributed by atoms with Crippen molar-refractivity contribution < 1.29 is 13.2 Å². The lowest BCUT2D eigenvalue weighted by Crippen LogP contribution is -2.44. The third-order valence-corrected chi connectivity index (χ3v) is 7.07. The van der Waals surface area contributed by atoms with Crippen LogP contribution in [0.15, 0.2) is 52.5 Å². The zero-order valence-corrected chi connectivity index (χ0v) is 19.3. The van der Waals surface area contributed by atoms with Crippen LogP contribution in [0.4, 0.5) is 11.5 Å². The second-order valence-electron chi connectivity index (χ2n) is 8.45. The highest BCUT2D eigenvalue weighted by Gasteiger charge is 2.32. The van der Waals surface area contributed by atoms with Crippen molar-refractivity contribution in [2.45, 2.75) is 24.8 Å². The molecule has 2 aliphatic heterocycles. The van der Waals surface area contributed by atoms with Crippen molar-refractivity contribution in [1.82, 2.24) is 14.6 Å². The summed E-state index contributed by atoms with van der Waals surface area (Å²) < 4.78 is 27.2. The van der Waals surface area contributed by atoms with Gasteiger partial charge in [-0.25, -0.2) is 13.4 Å². The fourth-order valence-electron chi connectivity index (χ4n) is 3.78. The quantitative estimate of drug-likeness (QED) is 0.707. The van der Waals surface area contributed by atoms with Crippen LogP contribution < -0.4 is 14.9 Å². The fraction of sp³-hybridized carbons (Fsp3) is 0.409. The molecule has 1 unspecified atom stereocenters. The molecule has 1 aromatic carbocycles. The number of carbonyl (C=O) groups excluding carboxylic acids is 1. The highest BCUT2D eigenvalue weighted by atomic mass is 32.2. The predicted molar refractivity (Wildman–Crippen MR) is 125 cm³/mol. The molecule has 1 aromatic heterocycles. The summed E-state index contributed by atoms with van der Waals surface area (Å²) in [6, 6.07) is 9.58. The topological polar surface area (TPSA) is 107 Å². The van der Waals surface area contributed by atoms with E-state index in [2.05, 4.69) is 36.9 Å². The number of hydrogen-bond acceptors (Lipinski definition) is 7. The number of amidine groups is 1. The van der Waals surface area contributed by atoms with Gasteiger partial charge < -0.3 is 15.1 Å². The van der Waals surface area contributed by atoms with Gasteiger partial charge >= 0.3 is 0 Å². The maximum absolute atomic E-state index is 13.0. The molecular weight excluding hydrogens is 428 g/mol. The number of nitrogens with one attached hydrogen (secondary N) is 2. The van der Waals surface area contributed by atoms with Gasteiger partial charge in [-0.05, 0) is 37.2 Å². The Bertz CT molecular complexity index is 1120. The number of hydrogen-bond donors (Lipinski definition) is 2. The van der Waals surface area contributed by atoms with Crippen LogP contribution in [0, 0.1) is 5.92 Å². The lowest BCUT2D eigenvalue weighted by atomic mass is 10.0. The number of aliphatic imine (C=N–C) groups is 1. The molecule has 4 rings (SSSR count). The number of aromatic nitrogens is 1. The van der Waals surface area contributed by atoms with Crippen LogP contribution in [0.25, 0.3) is 0 Å². The molecule has 0 bridgehead atoms. The van der Waals surface area contributed by atoms with E-state index in [1.165, 1.54) is 6.07 Å². The highest BCUT2D eigenvalue weighted by molar-refractivity contribution is 7.90. The normalized spacial score (nSPS) is 20.1. The number of anilines is 2. The van der Waals surface area contributed by atoms with E-state index in [0.29, 0.717) is 11.3 Å². The van der Waals surface area contributed by atoms with E-state index in [4.69, 9.17) is 0 Å². The number of benzene rings is 1. The summed E-state index contributed by atoms with van der Waals surface area (Å²) in [5, 5.41) is 2.87. The molecule has 3 heterocycles. The van der Waals surface area contributed by atoms with Gasteiger partial charge in [0, 0.05) is 31.7 Å². The number of likely N-dealkylation sites (N-methyl/N-ethyl adjacent to an activating group) is 1. The van der Waals surface area contributed by atoms with Crippen molar-refractivity contribution in [3.05, 3.63) is 48.2 Å². The van der Waals surface area contributed by atoms with Gasteiger partial charge in [-0.2, -0.15) is 0 Å². The molecule has 2 aromatic rings. The second-order valence-corrected chi connectivity index (χ2v) is 10.1. The largest absolute Gasteiger partial charge is 0.354 e. The van der Waals surface area contributed by atoms with Crippen LogP contribution in [0.5, 0.6) is 0 Å². The molecule has 1 amide bonds. The number of piperazine rings is 1. The van der Waals surface area contributed by atoms with E-state index in [0.717, 1.165) is 32.0 Å². The Morgan fingerprint density at radius 3 is 2.50 bits per heavy atom. The molecule has 1 atom stereocenters. The van der Waals surface area contributed by atoms with Gasteiger partial charge in [0.25, 0.3) is 10.0 Å². The minimum atomic E-state index is -3.66. The molecule has 0 spiro atoms. The molecule has 0 radical (unpaired) electrons. The Morgan fingerprint density at radius 1 is 1.12 bits per heavy atom. The molecule has 10 heteroatoms. The smallest absolute Gasteiger partial charge is 0.263 e. The maximum Gasteiger partial charge on any atom is 0.263 e. The number of pyridine rings is 1. The number of amides is 1.